The first kappa shape index (κ1) is 121. The number of sulfonamides is 3. The van der Waals surface area contributed by atoms with Crippen LogP contribution in [0.3, 0.4) is 0 Å². The number of nitrogens with zero attached hydrogens (tertiary/aromatic N) is 3. The van der Waals surface area contributed by atoms with E-state index in [0.717, 1.165) is 50.3 Å². The quantitative estimate of drug-likeness (QED) is 0.0348. The molecule has 57 heteroatoms. The number of aliphatic carboxylic acids is 4. The summed E-state index contributed by atoms with van der Waals surface area (Å²) in [4.78, 5) is 282. The number of carboxylic acid groups (broad SMARTS) is 4. The minimum atomic E-state index is -4.82. The number of carbonyl (C=O) groups excluding carboxylic acids is 16. The van der Waals surface area contributed by atoms with Crippen molar-refractivity contribution in [2.75, 3.05) is 91.0 Å². The molecule has 0 spiro atoms. The van der Waals surface area contributed by atoms with Crippen molar-refractivity contribution in [1.82, 2.24) is 87.4 Å². The second-order valence-electron chi connectivity index (χ2n) is 36.0. The molecule has 0 saturated carbocycles. The van der Waals surface area contributed by atoms with Crippen LogP contribution in [0.5, 0.6) is 5.75 Å². The van der Waals surface area contributed by atoms with Crippen LogP contribution in [0.25, 0.3) is 10.8 Å². The van der Waals surface area contributed by atoms with Crippen molar-refractivity contribution >= 4 is 195 Å². The van der Waals surface area contributed by atoms with E-state index in [0.29, 0.717) is 28.1 Å². The number of primary amides is 2. The molecule has 0 radical (unpaired) electrons. The van der Waals surface area contributed by atoms with Gasteiger partial charge in [-0.05, 0) is 85.0 Å². The number of carboxylic acids is 4. The summed E-state index contributed by atoms with van der Waals surface area (Å²) in [5, 5.41) is 85.1. The van der Waals surface area contributed by atoms with Crippen molar-refractivity contribution in [3.05, 3.63) is 114 Å². The van der Waals surface area contributed by atoms with Crippen molar-refractivity contribution < 1.29 is 147 Å². The highest BCUT2D eigenvalue weighted by molar-refractivity contribution is 8.01. The van der Waals surface area contributed by atoms with E-state index in [4.69, 9.17) is 17.2 Å². The van der Waals surface area contributed by atoms with E-state index in [1.165, 1.54) is 76.2 Å². The summed E-state index contributed by atoms with van der Waals surface area (Å²) in [6, 6.07) is -4.27. The van der Waals surface area contributed by atoms with Crippen molar-refractivity contribution in [3.63, 3.8) is 0 Å². The van der Waals surface area contributed by atoms with Gasteiger partial charge < -0.3 is 117 Å². The maximum Gasteiger partial charge on any atom is 0.305 e. The van der Waals surface area contributed by atoms with Gasteiger partial charge in [-0.25, -0.2) is 25.3 Å². The number of rotatable bonds is 22. The number of carbonyl (C=O) groups is 20. The molecule has 4 bridgehead atoms. The SMILES string of the molecule is C[C@H](N)C(=O)N[C@H]1CSCCS(=O)(=O)N2CCN3CCN(CC2)S(=O)(=O)CCSC[C@@H](NC(=O)[C@@H](C)NC(=O)[C@H](Cc2cccc4ccccc24)NC(=O)[C@H](CCCC(=O)O)NC(=O)[C@H](CC(N)=O)NC(=O)[C@@H](C)NC1=O)C(=O)N[C@@H](CCC(=O)O)C(=O)N[C@@H](CC(=O)O)C(=O)N[C@@H](Cc1ccccc1)C(=O)N[C@@H](Cc1ccc(O)cc1)C(=O)NC(CC(=O)O)C(=O)N[C@@H](C(C)(C)C)C(=O)N[C@H](C(N)=O)CSCCS3(=O)=O. The number of benzene rings is 4. The van der Waals surface area contributed by atoms with Crippen LogP contribution in [0.4, 0.5) is 0 Å². The fraction of sp³-hybridized carbons (Fsp3) is 0.533. The summed E-state index contributed by atoms with van der Waals surface area (Å²) in [6.07, 6.45) is -8.71. The largest absolute Gasteiger partial charge is 0.508 e. The molecule has 7 rings (SSSR count). The first-order valence-corrected chi connectivity index (χ1v) is 54.7. The van der Waals surface area contributed by atoms with E-state index in [9.17, 15) is 114 Å². The Morgan fingerprint density at radius 2 is 0.810 bits per heavy atom. The molecule has 3 saturated heterocycles. The maximum atomic E-state index is 15.3. The van der Waals surface area contributed by atoms with E-state index < -0.39 is 400 Å². The lowest BCUT2D eigenvalue weighted by atomic mass is 9.85. The summed E-state index contributed by atoms with van der Waals surface area (Å²) in [5.74, 6) is -33.1. The molecule has 4 aromatic rings. The summed E-state index contributed by atoms with van der Waals surface area (Å²) < 4.78 is 91.7. The van der Waals surface area contributed by atoms with E-state index >= 15 is 32.4 Å². The van der Waals surface area contributed by atoms with Gasteiger partial charge in [0.1, 0.15) is 90.3 Å². The normalized spacial score (nSPS) is 26.7. The maximum absolute atomic E-state index is 15.3. The molecule has 16 amide bonds. The highest BCUT2D eigenvalue weighted by Gasteiger charge is 2.43. The Hall–Kier alpha value is -12.9. The smallest absolute Gasteiger partial charge is 0.305 e. The third-order valence-electron chi connectivity index (χ3n) is 23.3. The van der Waals surface area contributed by atoms with E-state index in [1.807, 2.05) is 0 Å². The zero-order chi connectivity index (χ0) is 109. The number of amides is 16. The Morgan fingerprint density at radius 3 is 1.29 bits per heavy atom. The number of phenolic OH excluding ortho intramolecular Hbond substituents is 1. The standard InChI is InChI=1S/C90H126N20O31S6/c1-49(91)76(122)105-67-47-143-35-38-146(138,139)109-30-28-108-29-31-110(33-32-109)147(140,141)39-36-144-48-68(106-78(124)51(3)94-81(127)62(42-55-18-12-17-54-16-10-11-19-57(54)55)101-79(125)58(20-13-21-70(113)114)96-84(130)63(43-69(92)112)98-77(123)50(2)95-87(67)133)88(134)97-59(26-27-71(115)116)80(126)102-64(44-72(117)118)85(131)100-60(40-52-14-8-7-9-15-52)82(128)99-61(41-53-22-24-56(111)25-23-53)83(129)103-65(45-73(119)120)86(132)107-74(90(4,5)6)89(135)104-66(75(93)121)46-142-34-37-145(108,136)137/h7-12,14-19,22-25,49-51,58-68,74,111H,13,20-21,26-48,91H2,1-6H3,(H2,92,112)(H2,93,121)(H,94,127)(H,95,133)(H,96,130)(H,97,134)(H,98,123)(H,99,128)(H,100,131)(H,101,125)(H,102,126)(H,103,129)(H,104,135)(H,105,122)(H,106,124)(H,107,132)(H,113,114)(H,115,116)(H,117,118)(H,119,120)/t49-,50+,51+,58-,59-,60-,61-,62-,63-,64-,65?,66-,67-,68+,74+/m0/s1. The predicted molar refractivity (Wildman–Crippen MR) is 535 cm³/mol. The number of nitrogens with one attached hydrogen (secondary N) is 14. The van der Waals surface area contributed by atoms with Gasteiger partial charge in [-0.15, -0.1) is 0 Å². The third kappa shape index (κ3) is 39.7. The number of aromatic hydroxyl groups is 1. The summed E-state index contributed by atoms with van der Waals surface area (Å²) in [6.45, 7) is 3.54. The van der Waals surface area contributed by atoms with Gasteiger partial charge in [-0.2, -0.15) is 48.2 Å². The molecule has 147 heavy (non-hydrogen) atoms. The Morgan fingerprint density at radius 1 is 0.415 bits per heavy atom. The molecule has 3 fully saturated rings. The summed E-state index contributed by atoms with van der Waals surface area (Å²) >= 11 is 2.05. The van der Waals surface area contributed by atoms with Crippen molar-refractivity contribution in [3.8, 4) is 5.75 Å². The molecule has 808 valence electrons. The van der Waals surface area contributed by atoms with Crippen LogP contribution >= 0.6 is 35.3 Å². The van der Waals surface area contributed by atoms with Gasteiger partial charge in [0.2, 0.25) is 125 Å². The highest BCUT2D eigenvalue weighted by Crippen LogP contribution is 2.26. The molecular formula is C90H126N20O31S6. The molecule has 4 unspecified atom stereocenters. The highest BCUT2D eigenvalue weighted by atomic mass is 32.2. The topological polar surface area (TPSA) is 801 Å². The molecule has 25 N–H and O–H groups in total. The van der Waals surface area contributed by atoms with Gasteiger partial charge in [-0.1, -0.05) is 106 Å². The summed E-state index contributed by atoms with van der Waals surface area (Å²) in [7, 11) is -14.2. The number of phenols is 1. The van der Waals surface area contributed by atoms with Crippen molar-refractivity contribution in [2.24, 2.45) is 22.6 Å². The number of hydrogen-bond acceptors (Lipinski definition) is 31. The minimum Gasteiger partial charge on any atom is -0.508 e. The van der Waals surface area contributed by atoms with Gasteiger partial charge >= 0.3 is 23.9 Å². The lowest BCUT2D eigenvalue weighted by Gasteiger charge is -2.33. The molecule has 4 aromatic carbocycles. The zero-order valence-electron chi connectivity index (χ0n) is 81.2. The Bertz CT molecular complexity index is 5810. The number of nitrogens with two attached hydrogens (primary N) is 3. The van der Waals surface area contributed by atoms with Gasteiger partial charge in [0.05, 0.1) is 42.6 Å². The second-order valence-corrected chi connectivity index (χ2v) is 45.7. The van der Waals surface area contributed by atoms with Gasteiger partial charge in [-0.3, -0.25) is 95.9 Å². The zero-order valence-corrected chi connectivity index (χ0v) is 86.1. The molecule has 18 atom stereocenters. The molecule has 3 aliphatic heterocycles. The Kier molecular flexibility index (Phi) is 46.8. The fourth-order valence-electron chi connectivity index (χ4n) is 15.1. The Labute approximate surface area is 859 Å². The first-order valence-electron chi connectivity index (χ1n) is 46.4. The lowest BCUT2D eigenvalue weighted by Crippen LogP contribution is -2.62. The molecule has 0 aromatic heterocycles. The second kappa shape index (κ2) is 56.9. The number of fused-ring (bicyclic) bond motifs is 10. The predicted octanol–water partition coefficient (Wildman–Crippen LogP) is -6.64. The molecule has 0 aliphatic carbocycles. The molecular weight excluding hydrogens is 2050 g/mol. The lowest BCUT2D eigenvalue weighted by molar-refractivity contribution is -0.142. The number of thioether (sulfide) groups is 3. The van der Waals surface area contributed by atoms with Crippen LogP contribution in [-0.4, -0.2) is 364 Å². The van der Waals surface area contributed by atoms with Crippen LogP contribution in [0.2, 0.25) is 0 Å². The van der Waals surface area contributed by atoms with Gasteiger partial charge in [0, 0.05) is 106 Å². The first-order chi connectivity index (χ1) is 69.0. The van der Waals surface area contributed by atoms with Crippen LogP contribution < -0.4 is 91.6 Å². The third-order valence-corrected chi connectivity index (χ3v) is 32.8. The molecule has 51 nitrogen and oxygen atoms in total. The van der Waals surface area contributed by atoms with Crippen LogP contribution in [-0.2, 0) is 145 Å². The number of hydrogen-bond donors (Lipinski definition) is 22. The van der Waals surface area contributed by atoms with Gasteiger partial charge in [0.25, 0.3) is 0 Å². The molecule has 3 aliphatic rings. The average molecular weight is 2180 g/mol. The van der Waals surface area contributed by atoms with E-state index in [2.05, 4.69) is 74.4 Å². The van der Waals surface area contributed by atoms with E-state index in [1.54, 1.807) is 48.5 Å². The van der Waals surface area contributed by atoms with E-state index in [-0.39, 0.29) is 23.3 Å². The average Bonchev–Trinajstić information content (AvgIpc) is 1.66. The van der Waals surface area contributed by atoms with Crippen LogP contribution in [0, 0.1) is 5.41 Å². The summed E-state index contributed by atoms with van der Waals surface area (Å²) in [5.41, 5.74) is 16.7. The monoisotopic (exact) mass is 2170 g/mol. The fourth-order valence-corrected chi connectivity index (χ4v) is 23.9. The van der Waals surface area contributed by atoms with Crippen molar-refractivity contribution in [2.45, 2.75) is 203 Å². The van der Waals surface area contributed by atoms with Crippen LogP contribution in [0.15, 0.2) is 97.1 Å². The minimum absolute atomic E-state index is 0.173. The molecule has 3 heterocycles. The van der Waals surface area contributed by atoms with Crippen molar-refractivity contribution in [1.29, 1.82) is 0 Å². The van der Waals surface area contributed by atoms with Crippen LogP contribution in [0.1, 0.15) is 110 Å². The van der Waals surface area contributed by atoms with Gasteiger partial charge in [0.15, 0.2) is 0 Å². The Balaban J connectivity index is 1.40.